The van der Waals surface area contributed by atoms with Crippen LogP contribution in [-0.2, 0) is 16.0 Å². The summed E-state index contributed by atoms with van der Waals surface area (Å²) >= 11 is 0. The van der Waals surface area contributed by atoms with Crippen LogP contribution in [0.2, 0.25) is 0 Å². The Hall–Kier alpha value is -2.84. The molecule has 0 saturated carbocycles. The minimum atomic E-state index is -1.53. The van der Waals surface area contributed by atoms with E-state index in [0.29, 0.717) is 26.1 Å². The lowest BCUT2D eigenvalue weighted by molar-refractivity contribution is -0.142. The average molecular weight is 574 g/mol. The Morgan fingerprint density at radius 2 is 1.66 bits per heavy atom. The highest BCUT2D eigenvalue weighted by molar-refractivity contribution is 5.79. The van der Waals surface area contributed by atoms with E-state index >= 15 is 8.78 Å². The summed E-state index contributed by atoms with van der Waals surface area (Å²) in [5, 5.41) is 8.55. The molecule has 0 radical (unpaired) electrons. The number of rotatable bonds is 15. The van der Waals surface area contributed by atoms with Crippen molar-refractivity contribution in [2.24, 2.45) is 0 Å². The Kier molecular flexibility index (Phi) is 10.5. The number of fused-ring (bicyclic) bond motifs is 2. The molecule has 0 bridgehead atoms. The zero-order valence-electron chi connectivity index (χ0n) is 24.4. The van der Waals surface area contributed by atoms with Gasteiger partial charge in [0.2, 0.25) is 0 Å². The van der Waals surface area contributed by atoms with Gasteiger partial charge < -0.3 is 14.6 Å². The van der Waals surface area contributed by atoms with Gasteiger partial charge in [-0.15, -0.1) is 0 Å². The van der Waals surface area contributed by atoms with E-state index in [-0.39, 0.29) is 30.5 Å². The predicted octanol–water partition coefficient (Wildman–Crippen LogP) is 7.68. The minimum absolute atomic E-state index is 0.0409. The first-order valence-corrected chi connectivity index (χ1v) is 14.7. The first-order chi connectivity index (χ1) is 19.5. The maximum Gasteiger partial charge on any atom is 0.329 e. The van der Waals surface area contributed by atoms with Gasteiger partial charge in [-0.3, -0.25) is 4.90 Å². The van der Waals surface area contributed by atoms with Crippen LogP contribution in [-0.4, -0.2) is 54.1 Å². The van der Waals surface area contributed by atoms with E-state index in [2.05, 4.69) is 12.1 Å². The molecule has 0 saturated heterocycles. The van der Waals surface area contributed by atoms with Crippen LogP contribution in [0.25, 0.3) is 5.57 Å². The molecule has 1 aliphatic heterocycles. The molecule has 0 fully saturated rings. The summed E-state index contributed by atoms with van der Waals surface area (Å²) in [6.45, 7) is 5.61. The van der Waals surface area contributed by atoms with E-state index in [1.807, 2.05) is 24.0 Å². The number of aliphatic carboxylic acids is 1. The smallest absolute Gasteiger partial charge is 0.329 e. The highest BCUT2D eigenvalue weighted by atomic mass is 19.1. The third-order valence-corrected chi connectivity index (χ3v) is 7.90. The van der Waals surface area contributed by atoms with E-state index < -0.39 is 29.3 Å². The van der Waals surface area contributed by atoms with Gasteiger partial charge in [0.05, 0.1) is 12.6 Å². The van der Waals surface area contributed by atoms with E-state index in [4.69, 9.17) is 14.6 Å². The van der Waals surface area contributed by atoms with Gasteiger partial charge in [0.15, 0.2) is 0 Å². The Bertz CT molecular complexity index is 1220. The van der Waals surface area contributed by atoms with Crippen LogP contribution >= 0.6 is 0 Å². The third kappa shape index (κ3) is 8.13. The molecule has 1 aliphatic carbocycles. The summed E-state index contributed by atoms with van der Waals surface area (Å²) in [5.41, 5.74) is 2.78. The topological polar surface area (TPSA) is 59.0 Å². The van der Waals surface area contributed by atoms with Gasteiger partial charge in [0.25, 0.3) is 0 Å². The summed E-state index contributed by atoms with van der Waals surface area (Å²) in [5.74, 6) is -2.15. The maximum absolute atomic E-state index is 15.8. The van der Waals surface area contributed by atoms with Gasteiger partial charge in [-0.25, -0.2) is 18.0 Å². The van der Waals surface area contributed by atoms with Crippen molar-refractivity contribution in [1.82, 2.24) is 4.90 Å². The summed E-state index contributed by atoms with van der Waals surface area (Å²) < 4.78 is 57.2. The number of carboxylic acid groups (broad SMARTS) is 1. The second kappa shape index (κ2) is 13.9. The van der Waals surface area contributed by atoms with Crippen molar-refractivity contribution in [1.29, 1.82) is 0 Å². The van der Waals surface area contributed by atoms with Crippen LogP contribution < -0.4 is 4.74 Å². The Labute approximate surface area is 241 Å². The fourth-order valence-corrected chi connectivity index (χ4v) is 6.11. The quantitative estimate of drug-likeness (QED) is 0.222. The second-order valence-electron chi connectivity index (χ2n) is 11.9. The Morgan fingerprint density at radius 1 is 1.02 bits per heavy atom. The second-order valence-corrected chi connectivity index (χ2v) is 11.9. The molecule has 8 heteroatoms. The molecule has 224 valence electrons. The molecule has 0 spiro atoms. The fraction of sp³-hybridized carbons (Fsp3) is 0.545. The molecule has 0 amide bonds. The number of unbranched alkanes of at least 4 members (excludes halogenated alkanes) is 5. The number of ether oxygens (including phenoxy) is 2. The molecule has 4 rings (SSSR count). The normalized spacial score (nSPS) is 18.9. The third-order valence-electron chi connectivity index (χ3n) is 7.90. The van der Waals surface area contributed by atoms with Gasteiger partial charge in [-0.05, 0) is 68.7 Å². The lowest BCUT2D eigenvalue weighted by atomic mass is 9.84. The van der Waals surface area contributed by atoms with Crippen LogP contribution in [0.4, 0.5) is 13.2 Å². The van der Waals surface area contributed by atoms with Crippen molar-refractivity contribution >= 4 is 11.5 Å². The lowest BCUT2D eigenvalue weighted by Crippen LogP contribution is -2.47. The first-order valence-electron chi connectivity index (χ1n) is 14.7. The van der Waals surface area contributed by atoms with Crippen molar-refractivity contribution in [3.63, 3.8) is 0 Å². The van der Waals surface area contributed by atoms with E-state index in [1.54, 1.807) is 0 Å². The molecule has 5 nitrogen and oxygen atoms in total. The van der Waals surface area contributed by atoms with Crippen molar-refractivity contribution < 1.29 is 32.5 Å². The van der Waals surface area contributed by atoms with E-state index in [1.165, 1.54) is 26.0 Å². The van der Waals surface area contributed by atoms with Crippen LogP contribution in [0.1, 0.15) is 88.4 Å². The highest BCUT2D eigenvalue weighted by Crippen LogP contribution is 2.50. The maximum atomic E-state index is 15.8. The molecule has 0 aromatic heterocycles. The molecule has 2 aromatic rings. The number of carbonyl (C=O) groups is 1. The fourth-order valence-electron chi connectivity index (χ4n) is 6.11. The predicted molar refractivity (Wildman–Crippen MR) is 154 cm³/mol. The van der Waals surface area contributed by atoms with Gasteiger partial charge in [0, 0.05) is 36.9 Å². The number of nitrogens with zero attached hydrogens (tertiary/aromatic N) is 1. The number of halogens is 3. The molecule has 1 heterocycles. The zero-order valence-corrected chi connectivity index (χ0v) is 24.4. The van der Waals surface area contributed by atoms with Crippen LogP contribution in [0.5, 0.6) is 5.75 Å². The van der Waals surface area contributed by atoms with Gasteiger partial charge in [-0.1, -0.05) is 49.9 Å². The highest BCUT2D eigenvalue weighted by Gasteiger charge is 2.42. The molecule has 41 heavy (non-hydrogen) atoms. The molecule has 2 aromatic carbocycles. The number of alkyl halides is 1. The molecule has 2 atom stereocenters. The van der Waals surface area contributed by atoms with Crippen LogP contribution in [0.3, 0.4) is 0 Å². The molecular weight excluding hydrogens is 531 g/mol. The number of carboxylic acids is 1. The average Bonchev–Trinajstić information content (AvgIpc) is 3.25. The number of hydrogen-bond acceptors (Lipinski definition) is 4. The summed E-state index contributed by atoms with van der Waals surface area (Å²) in [6, 6.07) is 9.82. The van der Waals surface area contributed by atoms with Crippen molar-refractivity contribution in [3.8, 4) is 5.75 Å². The Balaban J connectivity index is 1.40. The molecule has 1 N–H and O–H groups in total. The van der Waals surface area contributed by atoms with Crippen molar-refractivity contribution in [2.45, 2.75) is 89.9 Å². The Morgan fingerprint density at radius 3 is 2.32 bits per heavy atom. The van der Waals surface area contributed by atoms with E-state index in [0.717, 1.165) is 60.8 Å². The number of benzene rings is 2. The molecule has 2 aliphatic rings. The molecular formula is C33H42F3NO4. The first kappa shape index (κ1) is 31.1. The van der Waals surface area contributed by atoms with Gasteiger partial charge in [0.1, 0.15) is 29.7 Å². The van der Waals surface area contributed by atoms with Crippen molar-refractivity contribution in [3.05, 3.63) is 70.3 Å². The minimum Gasteiger partial charge on any atom is -0.493 e. The van der Waals surface area contributed by atoms with Crippen molar-refractivity contribution in [2.75, 3.05) is 26.4 Å². The SMILES string of the molecule is C[C@@H]1CC2=C(Cc3ccccc32)[C@@H](c2c(F)cc(OCCCCCCCCOCC(=O)O)cc2F)N1CC(C)(C)F. The molecule has 0 unspecified atom stereocenters. The van der Waals surface area contributed by atoms with Crippen LogP contribution in [0, 0.1) is 11.6 Å². The summed E-state index contributed by atoms with van der Waals surface area (Å²) in [6.07, 6.45) is 6.75. The zero-order chi connectivity index (χ0) is 29.6. The van der Waals surface area contributed by atoms with E-state index in [9.17, 15) is 9.18 Å². The number of hydrogen-bond donors (Lipinski definition) is 1. The lowest BCUT2D eigenvalue weighted by Gasteiger charge is -2.44. The van der Waals surface area contributed by atoms with Gasteiger partial charge in [-0.2, -0.15) is 0 Å². The summed E-state index contributed by atoms with van der Waals surface area (Å²) in [7, 11) is 0. The standard InChI is InChI=1S/C33H42F3NO4/c1-22-16-26-25-13-9-8-12-23(25)17-27(26)32(37(22)21-33(2,3)36)31-28(34)18-24(19-29(31)35)41-15-11-7-5-4-6-10-14-40-20-30(38)39/h8-9,12-13,18-19,22,32H,4-7,10-11,14-17,20-21H2,1-3H3,(H,38,39)/t22-,32+/m1/s1. The van der Waals surface area contributed by atoms with Crippen LogP contribution in [0.15, 0.2) is 42.0 Å². The summed E-state index contributed by atoms with van der Waals surface area (Å²) in [4.78, 5) is 12.3. The largest absolute Gasteiger partial charge is 0.493 e. The van der Waals surface area contributed by atoms with Gasteiger partial charge >= 0.3 is 5.97 Å². The monoisotopic (exact) mass is 573 g/mol.